The van der Waals surface area contributed by atoms with E-state index in [0.717, 1.165) is 16.0 Å². The van der Waals surface area contributed by atoms with Crippen molar-refractivity contribution in [2.75, 3.05) is 12.0 Å². The van der Waals surface area contributed by atoms with E-state index in [4.69, 9.17) is 37.4 Å². The molecular weight excluding hydrogens is 706 g/mol. The fraction of sp³-hybridized carbons (Fsp3) is 0.0938. The third kappa shape index (κ3) is 7.30. The number of amides is 4. The fourth-order valence-electron chi connectivity index (χ4n) is 4.24. The number of nitrogens with one attached hydrogen (secondary N) is 1. The molecule has 1 fully saturated rings. The van der Waals surface area contributed by atoms with E-state index >= 15 is 0 Å². The highest BCUT2D eigenvalue weighted by Crippen LogP contribution is 2.36. The van der Waals surface area contributed by atoms with Gasteiger partial charge in [-0.25, -0.2) is 9.69 Å². The van der Waals surface area contributed by atoms with Crippen LogP contribution in [0.1, 0.15) is 16.7 Å². The third-order valence-corrected chi connectivity index (χ3v) is 7.64. The number of imide groups is 2. The molecule has 1 saturated heterocycles. The van der Waals surface area contributed by atoms with Crippen molar-refractivity contribution >= 4 is 75.4 Å². The molecule has 4 aromatic rings. The van der Waals surface area contributed by atoms with Crippen molar-refractivity contribution in [2.24, 2.45) is 0 Å². The lowest BCUT2D eigenvalue weighted by atomic mass is 10.1. The zero-order valence-electron chi connectivity index (χ0n) is 22.6. The minimum absolute atomic E-state index is 0.215. The number of barbiturate groups is 1. The van der Waals surface area contributed by atoms with Crippen LogP contribution in [0.5, 0.6) is 17.2 Å². The van der Waals surface area contributed by atoms with Crippen LogP contribution in [0.2, 0.25) is 10.0 Å². The van der Waals surface area contributed by atoms with Gasteiger partial charge in [-0.05, 0) is 106 Å². The van der Waals surface area contributed by atoms with E-state index in [-0.39, 0.29) is 17.9 Å². The molecule has 8 nitrogen and oxygen atoms in total. The standard InChI is InChI=1S/C32H23Cl2IN2O6/c1-41-28-16-21(15-27(35)29(28)43-18-20-3-2-4-23(34)13-20)14-26-30(38)36-32(40)37(31(26)39)24-9-11-25(12-10-24)42-17-19-5-7-22(33)8-6-19/h2-16H,17-18H2,1H3,(H,36,38,40)/b26-14+. The predicted octanol–water partition coefficient (Wildman–Crippen LogP) is 7.43. The molecule has 1 N–H and O–H groups in total. The summed E-state index contributed by atoms with van der Waals surface area (Å²) < 4.78 is 18.0. The Kier molecular flexibility index (Phi) is 9.54. The maximum absolute atomic E-state index is 13.4. The van der Waals surface area contributed by atoms with Crippen molar-refractivity contribution in [3.8, 4) is 17.2 Å². The van der Waals surface area contributed by atoms with Gasteiger partial charge in [-0.1, -0.05) is 47.5 Å². The van der Waals surface area contributed by atoms with Crippen LogP contribution in [0.3, 0.4) is 0 Å². The number of ether oxygens (including phenoxy) is 3. The molecule has 0 radical (unpaired) electrons. The van der Waals surface area contributed by atoms with Gasteiger partial charge in [-0.2, -0.15) is 0 Å². The molecule has 0 unspecified atom stereocenters. The summed E-state index contributed by atoms with van der Waals surface area (Å²) in [6.07, 6.45) is 1.41. The first kappa shape index (κ1) is 30.4. The first-order valence-corrected chi connectivity index (χ1v) is 14.7. The number of hydrogen-bond acceptors (Lipinski definition) is 6. The first-order valence-electron chi connectivity index (χ1n) is 12.9. The van der Waals surface area contributed by atoms with Crippen LogP contribution in [0.4, 0.5) is 10.5 Å². The van der Waals surface area contributed by atoms with Crippen LogP contribution in [0.25, 0.3) is 6.08 Å². The van der Waals surface area contributed by atoms with Crippen molar-refractivity contribution in [2.45, 2.75) is 13.2 Å². The number of rotatable bonds is 9. The van der Waals surface area contributed by atoms with Gasteiger partial charge < -0.3 is 14.2 Å². The monoisotopic (exact) mass is 728 g/mol. The highest BCUT2D eigenvalue weighted by molar-refractivity contribution is 14.1. The predicted molar refractivity (Wildman–Crippen MR) is 173 cm³/mol. The van der Waals surface area contributed by atoms with Crippen LogP contribution in [-0.2, 0) is 22.8 Å². The van der Waals surface area contributed by atoms with E-state index in [1.807, 2.05) is 30.3 Å². The maximum Gasteiger partial charge on any atom is 0.335 e. The summed E-state index contributed by atoms with van der Waals surface area (Å²) in [6, 6.07) is 23.6. The number of benzene rings is 4. The minimum Gasteiger partial charge on any atom is -0.493 e. The normalized spacial score (nSPS) is 14.1. The van der Waals surface area contributed by atoms with Gasteiger partial charge in [0.15, 0.2) is 11.5 Å². The van der Waals surface area contributed by atoms with Gasteiger partial charge in [0, 0.05) is 10.0 Å². The summed E-state index contributed by atoms with van der Waals surface area (Å²) in [5.74, 6) is -0.121. The average Bonchev–Trinajstić information content (AvgIpc) is 2.99. The van der Waals surface area contributed by atoms with E-state index in [1.54, 1.807) is 54.6 Å². The van der Waals surface area contributed by atoms with Gasteiger partial charge in [0.2, 0.25) is 0 Å². The van der Waals surface area contributed by atoms with Gasteiger partial charge in [-0.15, -0.1) is 0 Å². The molecule has 0 saturated carbocycles. The van der Waals surface area contributed by atoms with Gasteiger partial charge in [-0.3, -0.25) is 14.9 Å². The molecule has 0 aromatic heterocycles. The Balaban J connectivity index is 1.34. The molecule has 0 spiro atoms. The summed E-state index contributed by atoms with van der Waals surface area (Å²) in [5, 5.41) is 3.48. The summed E-state index contributed by atoms with van der Waals surface area (Å²) in [5.41, 5.74) is 2.38. The number of anilines is 1. The van der Waals surface area contributed by atoms with Crippen LogP contribution in [0.15, 0.2) is 90.5 Å². The second-order valence-electron chi connectivity index (χ2n) is 9.32. The topological polar surface area (TPSA) is 94.2 Å². The SMILES string of the molecule is COc1cc(/C=C2\C(=O)NC(=O)N(c3ccc(OCc4ccc(Cl)cc4)cc3)C2=O)cc(I)c1OCc1cccc(Cl)c1. The van der Waals surface area contributed by atoms with Crippen LogP contribution < -0.4 is 24.4 Å². The molecule has 0 aliphatic carbocycles. The number of methoxy groups -OCH3 is 1. The van der Waals surface area contributed by atoms with Gasteiger partial charge >= 0.3 is 6.03 Å². The molecule has 4 aromatic carbocycles. The van der Waals surface area contributed by atoms with E-state index in [9.17, 15) is 14.4 Å². The highest BCUT2D eigenvalue weighted by atomic mass is 127. The number of carbonyl (C=O) groups is 3. The minimum atomic E-state index is -0.848. The molecule has 1 aliphatic rings. The number of nitrogens with zero attached hydrogens (tertiary/aromatic N) is 1. The molecule has 1 heterocycles. The molecule has 11 heteroatoms. The summed E-state index contributed by atoms with van der Waals surface area (Å²) in [7, 11) is 1.50. The fourth-order valence-corrected chi connectivity index (χ4v) is 5.36. The summed E-state index contributed by atoms with van der Waals surface area (Å²) in [4.78, 5) is 39.8. The molecule has 4 amide bonds. The highest BCUT2D eigenvalue weighted by Gasteiger charge is 2.37. The zero-order valence-corrected chi connectivity index (χ0v) is 26.3. The zero-order chi connectivity index (χ0) is 30.5. The maximum atomic E-state index is 13.4. The van der Waals surface area contributed by atoms with Crippen molar-refractivity contribution in [1.29, 1.82) is 0 Å². The Labute approximate surface area is 271 Å². The smallest absolute Gasteiger partial charge is 0.335 e. The van der Waals surface area contributed by atoms with E-state index in [0.29, 0.717) is 43.0 Å². The summed E-state index contributed by atoms with van der Waals surface area (Å²) in [6.45, 7) is 0.573. The van der Waals surface area contributed by atoms with Gasteiger partial charge in [0.05, 0.1) is 16.4 Å². The Bertz CT molecular complexity index is 1730. The number of hydrogen-bond donors (Lipinski definition) is 1. The lowest BCUT2D eigenvalue weighted by Crippen LogP contribution is -2.54. The number of carbonyl (C=O) groups excluding carboxylic acids is 3. The largest absolute Gasteiger partial charge is 0.493 e. The quantitative estimate of drug-likeness (QED) is 0.110. The van der Waals surface area contributed by atoms with Crippen molar-refractivity contribution in [1.82, 2.24) is 5.32 Å². The first-order chi connectivity index (χ1) is 20.7. The molecule has 0 bridgehead atoms. The van der Waals surface area contributed by atoms with Crippen LogP contribution >= 0.6 is 45.8 Å². The van der Waals surface area contributed by atoms with E-state index in [1.165, 1.54) is 13.2 Å². The van der Waals surface area contributed by atoms with Gasteiger partial charge in [0.25, 0.3) is 11.8 Å². The van der Waals surface area contributed by atoms with Crippen LogP contribution in [0, 0.1) is 3.57 Å². The Morgan fingerprint density at radius 2 is 1.56 bits per heavy atom. The van der Waals surface area contributed by atoms with Crippen LogP contribution in [-0.4, -0.2) is 25.0 Å². The van der Waals surface area contributed by atoms with Crippen molar-refractivity contribution < 1.29 is 28.6 Å². The molecule has 218 valence electrons. The number of halogens is 3. The van der Waals surface area contributed by atoms with Crippen molar-refractivity contribution in [3.63, 3.8) is 0 Å². The Morgan fingerprint density at radius 3 is 2.26 bits per heavy atom. The van der Waals surface area contributed by atoms with E-state index < -0.39 is 17.8 Å². The summed E-state index contributed by atoms with van der Waals surface area (Å²) >= 11 is 14.1. The Hall–Kier alpha value is -4.06. The second kappa shape index (κ2) is 13.5. The molecule has 1 aliphatic heterocycles. The van der Waals surface area contributed by atoms with Crippen molar-refractivity contribution in [3.05, 3.63) is 121 Å². The number of urea groups is 1. The molecule has 0 atom stereocenters. The lowest BCUT2D eigenvalue weighted by molar-refractivity contribution is -0.122. The average molecular weight is 729 g/mol. The molecular formula is C32H23Cl2IN2O6. The lowest BCUT2D eigenvalue weighted by Gasteiger charge is -2.26. The second-order valence-corrected chi connectivity index (χ2v) is 11.4. The molecule has 43 heavy (non-hydrogen) atoms. The Morgan fingerprint density at radius 1 is 0.837 bits per heavy atom. The van der Waals surface area contributed by atoms with E-state index in [2.05, 4.69) is 27.9 Å². The van der Waals surface area contributed by atoms with Gasteiger partial charge in [0.1, 0.15) is 24.5 Å². The molecule has 5 rings (SSSR count). The third-order valence-electron chi connectivity index (χ3n) is 6.35.